The average molecular weight is 662 g/mol. The first kappa shape index (κ1) is 34.1. The quantitative estimate of drug-likeness (QED) is 0.198. The minimum absolute atomic E-state index is 0.0792. The average Bonchev–Trinajstić information content (AvgIpc) is 3.39. The molecular formula is C35H43N5O6S. The van der Waals surface area contributed by atoms with Crippen molar-refractivity contribution in [3.05, 3.63) is 72.6 Å². The Labute approximate surface area is 275 Å². The van der Waals surface area contributed by atoms with Crippen LogP contribution in [0.1, 0.15) is 51.5 Å². The number of carboxylic acid groups (broad SMARTS) is 1. The van der Waals surface area contributed by atoms with Crippen molar-refractivity contribution in [2.45, 2.75) is 69.9 Å². The molecule has 4 aromatic rings. The molecule has 4 N–H and O–H groups in total. The molecule has 1 aliphatic heterocycles. The van der Waals surface area contributed by atoms with E-state index in [2.05, 4.69) is 24.9 Å². The van der Waals surface area contributed by atoms with Gasteiger partial charge in [-0.15, -0.1) is 0 Å². The number of pyridine rings is 1. The highest BCUT2D eigenvalue weighted by molar-refractivity contribution is 7.89. The van der Waals surface area contributed by atoms with Crippen molar-refractivity contribution in [3.8, 4) is 0 Å². The molecule has 0 saturated heterocycles. The van der Waals surface area contributed by atoms with Gasteiger partial charge in [0.2, 0.25) is 21.8 Å². The Morgan fingerprint density at radius 3 is 2.57 bits per heavy atom. The number of sulfonamides is 1. The molecule has 0 radical (unpaired) electrons. The first-order valence-electron chi connectivity index (χ1n) is 16.3. The Morgan fingerprint density at radius 1 is 1.02 bits per heavy atom. The number of benzene rings is 2. The summed E-state index contributed by atoms with van der Waals surface area (Å²) in [6, 6.07) is 15.2. The highest BCUT2D eigenvalue weighted by atomic mass is 32.2. The molecular weight excluding hydrogens is 618 g/mol. The Bertz CT molecular complexity index is 1850. The third kappa shape index (κ3) is 8.17. The summed E-state index contributed by atoms with van der Waals surface area (Å²) in [7, 11) is -4.18. The number of aliphatic carboxylic acids is 1. The Hall–Kier alpha value is -4.29. The molecule has 0 saturated carbocycles. The number of aromatic nitrogens is 2. The summed E-state index contributed by atoms with van der Waals surface area (Å²) in [5.41, 5.74) is 2.23. The SMILES string of the molecule is CC(C)C[C@@H](C(=O)N[C@H]1Cc2cn(c3ccccc23)CCCCCCNC1=O)C(CNS(=O)(=O)c1cccc2cccnc12)C(=O)O. The summed E-state index contributed by atoms with van der Waals surface area (Å²) in [6.07, 6.45) is 7.75. The molecule has 0 spiro atoms. The monoisotopic (exact) mass is 661 g/mol. The number of para-hydroxylation sites is 2. The number of carboxylic acids is 1. The lowest BCUT2D eigenvalue weighted by Gasteiger charge is -2.27. The second-order valence-corrected chi connectivity index (χ2v) is 14.4. The van der Waals surface area contributed by atoms with E-state index in [9.17, 15) is 27.9 Å². The van der Waals surface area contributed by atoms with Crippen LogP contribution in [0, 0.1) is 17.8 Å². The molecule has 0 aliphatic carbocycles. The van der Waals surface area contributed by atoms with Gasteiger partial charge in [0.15, 0.2) is 0 Å². The lowest BCUT2D eigenvalue weighted by atomic mass is 9.84. The van der Waals surface area contributed by atoms with Crippen molar-refractivity contribution in [2.75, 3.05) is 13.1 Å². The summed E-state index contributed by atoms with van der Waals surface area (Å²) >= 11 is 0. The fourth-order valence-corrected chi connectivity index (χ4v) is 7.65. The van der Waals surface area contributed by atoms with Crippen LogP contribution in [0.4, 0.5) is 0 Å². The number of nitrogens with zero attached hydrogens (tertiary/aromatic N) is 2. The van der Waals surface area contributed by atoms with Crippen LogP contribution in [0.15, 0.2) is 71.9 Å². The van der Waals surface area contributed by atoms with Gasteiger partial charge in [-0.1, -0.05) is 63.1 Å². The molecule has 3 heterocycles. The predicted octanol–water partition coefficient (Wildman–Crippen LogP) is 4.25. The number of rotatable bonds is 10. The van der Waals surface area contributed by atoms with Crippen LogP contribution in [0.5, 0.6) is 0 Å². The number of aryl methyl sites for hydroxylation is 1. The summed E-state index contributed by atoms with van der Waals surface area (Å²) in [6.45, 7) is 4.54. The van der Waals surface area contributed by atoms with Crippen LogP contribution in [-0.4, -0.2) is 60.0 Å². The van der Waals surface area contributed by atoms with Crippen molar-refractivity contribution in [2.24, 2.45) is 17.8 Å². The number of nitrogens with one attached hydrogen (secondary N) is 3. The van der Waals surface area contributed by atoms with E-state index in [1.807, 2.05) is 44.3 Å². The van der Waals surface area contributed by atoms with E-state index in [1.165, 1.54) is 12.3 Å². The van der Waals surface area contributed by atoms with Gasteiger partial charge in [-0.2, -0.15) is 0 Å². The first-order chi connectivity index (χ1) is 22.5. The minimum atomic E-state index is -4.18. The Morgan fingerprint density at radius 2 is 1.79 bits per heavy atom. The molecule has 2 aromatic carbocycles. The maximum absolute atomic E-state index is 14.0. The zero-order valence-electron chi connectivity index (χ0n) is 26.8. The molecule has 1 unspecified atom stereocenters. The van der Waals surface area contributed by atoms with Crippen LogP contribution in [0.3, 0.4) is 0 Å². The zero-order chi connectivity index (χ0) is 33.6. The molecule has 0 fully saturated rings. The maximum atomic E-state index is 14.0. The van der Waals surface area contributed by atoms with Crippen LogP contribution in [0.2, 0.25) is 0 Å². The molecule has 250 valence electrons. The van der Waals surface area contributed by atoms with Crippen LogP contribution >= 0.6 is 0 Å². The molecule has 3 atom stereocenters. The molecule has 2 bridgehead atoms. The van der Waals surface area contributed by atoms with Crippen molar-refractivity contribution < 1.29 is 27.9 Å². The van der Waals surface area contributed by atoms with Crippen molar-refractivity contribution >= 4 is 49.6 Å². The van der Waals surface area contributed by atoms with Crippen molar-refractivity contribution in [3.63, 3.8) is 0 Å². The van der Waals surface area contributed by atoms with Gasteiger partial charge < -0.3 is 20.3 Å². The van der Waals surface area contributed by atoms with Crippen molar-refractivity contribution in [1.29, 1.82) is 0 Å². The van der Waals surface area contributed by atoms with E-state index >= 15 is 0 Å². The van der Waals surface area contributed by atoms with Gasteiger partial charge in [0.1, 0.15) is 10.9 Å². The third-order valence-electron chi connectivity index (χ3n) is 8.80. The fourth-order valence-electron chi connectivity index (χ4n) is 6.41. The minimum Gasteiger partial charge on any atom is -0.481 e. The van der Waals surface area contributed by atoms with Gasteiger partial charge in [-0.25, -0.2) is 13.1 Å². The number of fused-ring (bicyclic) bond motifs is 6. The van der Waals surface area contributed by atoms with E-state index < -0.39 is 46.3 Å². The van der Waals surface area contributed by atoms with E-state index in [1.54, 1.807) is 24.3 Å². The Balaban J connectivity index is 1.41. The lowest BCUT2D eigenvalue weighted by Crippen LogP contribution is -2.52. The summed E-state index contributed by atoms with van der Waals surface area (Å²) in [4.78, 5) is 44.3. The van der Waals surface area contributed by atoms with E-state index in [4.69, 9.17) is 0 Å². The topological polar surface area (TPSA) is 159 Å². The molecule has 11 nitrogen and oxygen atoms in total. The van der Waals surface area contributed by atoms with Gasteiger partial charge in [0.25, 0.3) is 0 Å². The van der Waals surface area contributed by atoms with Gasteiger partial charge in [-0.3, -0.25) is 19.4 Å². The number of carbonyl (C=O) groups excluding carboxylic acids is 2. The molecule has 12 heteroatoms. The zero-order valence-corrected chi connectivity index (χ0v) is 27.6. The lowest BCUT2D eigenvalue weighted by molar-refractivity contribution is -0.147. The van der Waals surface area contributed by atoms with E-state index in [-0.39, 0.29) is 35.1 Å². The first-order valence-corrected chi connectivity index (χ1v) is 17.7. The highest BCUT2D eigenvalue weighted by Crippen LogP contribution is 2.27. The van der Waals surface area contributed by atoms with Gasteiger partial charge in [0, 0.05) is 54.7 Å². The summed E-state index contributed by atoms with van der Waals surface area (Å²) in [5.74, 6) is -4.85. The standard InChI is InChI=1S/C35H43N5O6S/c1-23(2)19-27(28(35(43)44)21-38-47(45,46)31-15-9-11-24-12-10-17-36-32(24)31)33(41)39-29-20-25-22-40(30-14-6-5-13-26(25)30)18-8-4-3-7-16-37-34(29)42/h5-6,9-15,17,22-23,27-29,38H,3-4,7-8,16,18-21H2,1-2H3,(H,37,42)(H,39,41)(H,43,44)/t27-,28?,29+/m1/s1. The molecule has 47 heavy (non-hydrogen) atoms. The van der Waals surface area contributed by atoms with E-state index in [0.717, 1.165) is 48.7 Å². The number of hydrogen-bond acceptors (Lipinski definition) is 6. The summed E-state index contributed by atoms with van der Waals surface area (Å²) in [5, 5.41) is 17.8. The molecule has 2 amide bonds. The fraction of sp³-hybridized carbons (Fsp3) is 0.429. The second-order valence-electron chi connectivity index (χ2n) is 12.7. The Kier molecular flexibility index (Phi) is 10.9. The summed E-state index contributed by atoms with van der Waals surface area (Å²) < 4.78 is 31.5. The van der Waals surface area contributed by atoms with Gasteiger partial charge >= 0.3 is 5.97 Å². The smallest absolute Gasteiger partial charge is 0.308 e. The second kappa shape index (κ2) is 15.1. The largest absolute Gasteiger partial charge is 0.481 e. The number of carbonyl (C=O) groups is 3. The highest BCUT2D eigenvalue weighted by Gasteiger charge is 2.37. The molecule has 5 rings (SSSR count). The van der Waals surface area contributed by atoms with Crippen LogP contribution in [-0.2, 0) is 37.4 Å². The normalized spacial score (nSPS) is 17.7. The predicted molar refractivity (Wildman–Crippen MR) is 180 cm³/mol. The van der Waals surface area contributed by atoms with Crippen LogP contribution < -0.4 is 15.4 Å². The number of hydrogen-bond donors (Lipinski definition) is 4. The third-order valence-corrected chi connectivity index (χ3v) is 10.3. The van der Waals surface area contributed by atoms with Gasteiger partial charge in [-0.05, 0) is 48.9 Å². The number of amides is 2. The van der Waals surface area contributed by atoms with Gasteiger partial charge in [0.05, 0.1) is 17.4 Å². The molecule has 1 aliphatic rings. The van der Waals surface area contributed by atoms with E-state index in [0.29, 0.717) is 11.9 Å². The maximum Gasteiger partial charge on any atom is 0.308 e. The molecule has 2 aromatic heterocycles. The van der Waals surface area contributed by atoms with Crippen LogP contribution in [0.25, 0.3) is 21.8 Å². The van der Waals surface area contributed by atoms with Crippen molar-refractivity contribution in [1.82, 2.24) is 24.9 Å².